The number of nitrogens with two attached hydrogens (primary N) is 1. The molecule has 0 aliphatic heterocycles. The molecule has 3 aromatic rings. The number of nitrogens with zero attached hydrogens (tertiary/aromatic N) is 2. The number of rotatable bonds is 4. The van der Waals surface area contributed by atoms with Gasteiger partial charge >= 0.3 is 0 Å². The number of benzene rings is 1. The van der Waals surface area contributed by atoms with Gasteiger partial charge in [0.25, 0.3) is 0 Å². The Bertz CT molecular complexity index is 735. The van der Waals surface area contributed by atoms with Crippen LogP contribution in [0.15, 0.2) is 47.8 Å². The number of thiophene rings is 1. The molecule has 0 radical (unpaired) electrons. The van der Waals surface area contributed by atoms with E-state index in [1.54, 1.807) is 11.3 Å². The molecule has 0 aliphatic carbocycles. The Hall–Kier alpha value is -2.07. The lowest BCUT2D eigenvalue weighted by molar-refractivity contribution is 0.678. The molecule has 0 aliphatic rings. The highest BCUT2D eigenvalue weighted by molar-refractivity contribution is 7.09. The molecule has 0 saturated carbocycles. The molecule has 2 N–H and O–H groups in total. The fourth-order valence-corrected chi connectivity index (χ4v) is 3.09. The standard InChI is InChI=1S/C17H19N3S/c1-12(2)20(11-15-4-3-9-21-15)17-8-5-13-10-14(18)6-7-16(13)19-17/h3-10,12H,11,18H2,1-2H3. The van der Waals surface area contributed by atoms with Gasteiger partial charge in [0.15, 0.2) is 0 Å². The van der Waals surface area contributed by atoms with Crippen LogP contribution in [0.3, 0.4) is 0 Å². The van der Waals surface area contributed by atoms with E-state index in [0.29, 0.717) is 6.04 Å². The molecular weight excluding hydrogens is 278 g/mol. The second kappa shape index (κ2) is 5.74. The molecule has 0 spiro atoms. The largest absolute Gasteiger partial charge is 0.399 e. The highest BCUT2D eigenvalue weighted by atomic mass is 32.1. The predicted octanol–water partition coefficient (Wildman–Crippen LogP) is 4.29. The van der Waals surface area contributed by atoms with Gasteiger partial charge in [-0.15, -0.1) is 11.3 Å². The maximum Gasteiger partial charge on any atom is 0.129 e. The molecule has 2 aromatic heterocycles. The van der Waals surface area contributed by atoms with Crippen molar-refractivity contribution in [3.63, 3.8) is 0 Å². The van der Waals surface area contributed by atoms with Gasteiger partial charge < -0.3 is 10.6 Å². The molecule has 21 heavy (non-hydrogen) atoms. The van der Waals surface area contributed by atoms with E-state index in [0.717, 1.165) is 29.0 Å². The lowest BCUT2D eigenvalue weighted by Crippen LogP contribution is -2.30. The number of fused-ring (bicyclic) bond motifs is 1. The van der Waals surface area contributed by atoms with Gasteiger partial charge in [0.1, 0.15) is 5.82 Å². The van der Waals surface area contributed by atoms with Crippen LogP contribution < -0.4 is 10.6 Å². The Balaban J connectivity index is 1.97. The summed E-state index contributed by atoms with van der Waals surface area (Å²) in [5, 5.41) is 3.20. The van der Waals surface area contributed by atoms with Gasteiger partial charge in [-0.2, -0.15) is 0 Å². The van der Waals surface area contributed by atoms with Crippen LogP contribution in [0, 0.1) is 0 Å². The highest BCUT2D eigenvalue weighted by Gasteiger charge is 2.13. The van der Waals surface area contributed by atoms with E-state index in [1.165, 1.54) is 4.88 Å². The molecule has 0 bridgehead atoms. The Kier molecular flexibility index (Phi) is 3.80. The minimum Gasteiger partial charge on any atom is -0.399 e. The second-order valence-electron chi connectivity index (χ2n) is 5.42. The lowest BCUT2D eigenvalue weighted by atomic mass is 10.2. The summed E-state index contributed by atoms with van der Waals surface area (Å²) in [6.07, 6.45) is 0. The molecule has 0 saturated heterocycles. The quantitative estimate of drug-likeness (QED) is 0.730. The van der Waals surface area contributed by atoms with E-state index in [-0.39, 0.29) is 0 Å². The summed E-state index contributed by atoms with van der Waals surface area (Å²) in [6.45, 7) is 5.29. The lowest BCUT2D eigenvalue weighted by Gasteiger charge is -2.27. The summed E-state index contributed by atoms with van der Waals surface area (Å²) in [6, 6.07) is 14.7. The third-order valence-electron chi connectivity index (χ3n) is 3.52. The van der Waals surface area contributed by atoms with Crippen LogP contribution in [-0.4, -0.2) is 11.0 Å². The van der Waals surface area contributed by atoms with E-state index in [4.69, 9.17) is 10.7 Å². The number of hydrogen-bond acceptors (Lipinski definition) is 4. The van der Waals surface area contributed by atoms with Crippen LogP contribution in [0.4, 0.5) is 11.5 Å². The molecule has 3 rings (SSSR count). The molecule has 0 fully saturated rings. The molecule has 108 valence electrons. The van der Waals surface area contributed by atoms with E-state index in [2.05, 4.69) is 48.4 Å². The van der Waals surface area contributed by atoms with Crippen LogP contribution in [0.2, 0.25) is 0 Å². The summed E-state index contributed by atoms with van der Waals surface area (Å²) < 4.78 is 0. The van der Waals surface area contributed by atoms with Gasteiger partial charge in [0.05, 0.1) is 12.1 Å². The number of anilines is 2. The Morgan fingerprint density at radius 1 is 1.19 bits per heavy atom. The Morgan fingerprint density at radius 3 is 2.76 bits per heavy atom. The Labute approximate surface area is 129 Å². The molecular formula is C17H19N3S. The molecule has 1 aromatic carbocycles. The molecule has 0 amide bonds. The van der Waals surface area contributed by atoms with Crippen molar-refractivity contribution in [2.75, 3.05) is 10.6 Å². The van der Waals surface area contributed by atoms with Gasteiger partial charge in [0.2, 0.25) is 0 Å². The van der Waals surface area contributed by atoms with Crippen LogP contribution >= 0.6 is 11.3 Å². The van der Waals surface area contributed by atoms with Gasteiger partial charge in [-0.3, -0.25) is 0 Å². The first-order chi connectivity index (χ1) is 10.1. The van der Waals surface area contributed by atoms with Crippen molar-refractivity contribution < 1.29 is 0 Å². The number of aromatic nitrogens is 1. The second-order valence-corrected chi connectivity index (χ2v) is 6.45. The summed E-state index contributed by atoms with van der Waals surface area (Å²) in [7, 11) is 0. The maximum atomic E-state index is 5.82. The van der Waals surface area contributed by atoms with Crippen molar-refractivity contribution in [3.8, 4) is 0 Å². The number of pyridine rings is 1. The summed E-state index contributed by atoms with van der Waals surface area (Å²) in [4.78, 5) is 8.46. The van der Waals surface area contributed by atoms with Crippen LogP contribution in [0.5, 0.6) is 0 Å². The van der Waals surface area contributed by atoms with E-state index in [9.17, 15) is 0 Å². The topological polar surface area (TPSA) is 42.1 Å². The first kappa shape index (κ1) is 13.9. The third-order valence-corrected chi connectivity index (χ3v) is 4.38. The van der Waals surface area contributed by atoms with Gasteiger partial charge in [-0.25, -0.2) is 4.98 Å². The average Bonchev–Trinajstić information content (AvgIpc) is 2.97. The first-order valence-corrected chi connectivity index (χ1v) is 7.97. The molecule has 0 atom stereocenters. The summed E-state index contributed by atoms with van der Waals surface area (Å²) in [5.41, 5.74) is 7.58. The maximum absolute atomic E-state index is 5.82. The minimum absolute atomic E-state index is 0.394. The normalized spacial score (nSPS) is 11.2. The van der Waals surface area contributed by atoms with Crippen molar-refractivity contribution in [1.29, 1.82) is 0 Å². The number of hydrogen-bond donors (Lipinski definition) is 1. The van der Waals surface area contributed by atoms with E-state index < -0.39 is 0 Å². The van der Waals surface area contributed by atoms with Gasteiger partial charge in [-0.05, 0) is 55.6 Å². The van der Waals surface area contributed by atoms with Crippen molar-refractivity contribution in [2.24, 2.45) is 0 Å². The van der Waals surface area contributed by atoms with Gasteiger partial charge in [-0.1, -0.05) is 6.07 Å². The van der Waals surface area contributed by atoms with Crippen molar-refractivity contribution >= 4 is 33.7 Å². The minimum atomic E-state index is 0.394. The summed E-state index contributed by atoms with van der Waals surface area (Å²) in [5.74, 6) is 1.01. The van der Waals surface area contributed by atoms with Crippen LogP contribution in [0.25, 0.3) is 10.9 Å². The van der Waals surface area contributed by atoms with Crippen molar-refractivity contribution in [3.05, 3.63) is 52.7 Å². The Morgan fingerprint density at radius 2 is 2.05 bits per heavy atom. The fraction of sp³-hybridized carbons (Fsp3) is 0.235. The van der Waals surface area contributed by atoms with Crippen LogP contribution in [-0.2, 0) is 6.54 Å². The number of nitrogen functional groups attached to an aromatic ring is 1. The highest BCUT2D eigenvalue weighted by Crippen LogP contribution is 2.24. The zero-order valence-corrected chi connectivity index (χ0v) is 13.1. The molecule has 4 heteroatoms. The van der Waals surface area contributed by atoms with Crippen LogP contribution in [0.1, 0.15) is 18.7 Å². The zero-order valence-electron chi connectivity index (χ0n) is 12.3. The zero-order chi connectivity index (χ0) is 14.8. The monoisotopic (exact) mass is 297 g/mol. The van der Waals surface area contributed by atoms with Gasteiger partial charge in [0, 0.05) is 22.0 Å². The molecule has 0 unspecified atom stereocenters. The third kappa shape index (κ3) is 3.00. The smallest absolute Gasteiger partial charge is 0.129 e. The molecule has 3 nitrogen and oxygen atoms in total. The summed E-state index contributed by atoms with van der Waals surface area (Å²) >= 11 is 1.78. The molecule has 2 heterocycles. The van der Waals surface area contributed by atoms with Crippen molar-refractivity contribution in [1.82, 2.24) is 4.98 Å². The van der Waals surface area contributed by atoms with Crippen molar-refractivity contribution in [2.45, 2.75) is 26.4 Å². The first-order valence-electron chi connectivity index (χ1n) is 7.09. The van der Waals surface area contributed by atoms with E-state index in [1.807, 2.05) is 18.2 Å². The average molecular weight is 297 g/mol. The predicted molar refractivity (Wildman–Crippen MR) is 91.8 cm³/mol. The SMILES string of the molecule is CC(C)N(Cc1cccs1)c1ccc2cc(N)ccc2n1. The van der Waals surface area contributed by atoms with E-state index >= 15 is 0 Å². The fourth-order valence-electron chi connectivity index (χ4n) is 2.39.